The van der Waals surface area contributed by atoms with Crippen LogP contribution in [-0.4, -0.2) is 43.2 Å². The topological polar surface area (TPSA) is 56.0 Å². The molecule has 3 aromatic rings. The zero-order valence-electron chi connectivity index (χ0n) is 16.2. The van der Waals surface area contributed by atoms with Crippen molar-refractivity contribution in [3.8, 4) is 0 Å². The summed E-state index contributed by atoms with van der Waals surface area (Å²) in [6.07, 6.45) is -1.59. The molecule has 154 valence electrons. The van der Waals surface area contributed by atoms with Crippen molar-refractivity contribution in [3.05, 3.63) is 48.0 Å². The van der Waals surface area contributed by atoms with Gasteiger partial charge >= 0.3 is 6.18 Å². The standard InChI is InChI=1S/C20H22F3N5O/c1-13(28-11-9-17(25-28)20(21,22)23)19(29)27-10-5-6-14(12-27)18-24-15-7-3-4-8-16(15)26(18)2/h3-4,7-9,11,13-14H,5-6,10,12H2,1-2H3. The molecule has 2 aromatic heterocycles. The number of hydrogen-bond donors (Lipinski definition) is 0. The van der Waals surface area contributed by atoms with Gasteiger partial charge in [0, 0.05) is 32.3 Å². The number of carbonyl (C=O) groups excluding carboxylic acids is 1. The lowest BCUT2D eigenvalue weighted by Gasteiger charge is -2.34. The van der Waals surface area contributed by atoms with Gasteiger partial charge in [-0.3, -0.25) is 9.48 Å². The van der Waals surface area contributed by atoms with Crippen molar-refractivity contribution < 1.29 is 18.0 Å². The van der Waals surface area contributed by atoms with Gasteiger partial charge in [0.2, 0.25) is 5.91 Å². The molecule has 2 atom stereocenters. The van der Waals surface area contributed by atoms with Crippen LogP contribution in [0, 0.1) is 0 Å². The fraction of sp³-hybridized carbons (Fsp3) is 0.450. The first-order valence-corrected chi connectivity index (χ1v) is 9.58. The number of rotatable bonds is 3. The minimum absolute atomic E-state index is 0.0839. The van der Waals surface area contributed by atoms with Crippen LogP contribution in [0.25, 0.3) is 11.0 Å². The summed E-state index contributed by atoms with van der Waals surface area (Å²) in [5.41, 5.74) is 0.960. The van der Waals surface area contributed by atoms with E-state index in [9.17, 15) is 18.0 Å². The Balaban J connectivity index is 1.52. The average Bonchev–Trinajstić information content (AvgIpc) is 3.33. The summed E-state index contributed by atoms with van der Waals surface area (Å²) in [5.74, 6) is 0.778. The van der Waals surface area contributed by atoms with E-state index in [2.05, 4.69) is 9.67 Å². The van der Waals surface area contributed by atoms with E-state index in [4.69, 9.17) is 4.98 Å². The maximum atomic E-state index is 12.9. The minimum atomic E-state index is -4.52. The number of hydrogen-bond acceptors (Lipinski definition) is 3. The van der Waals surface area contributed by atoms with Crippen LogP contribution < -0.4 is 0 Å². The van der Waals surface area contributed by atoms with Crippen molar-refractivity contribution in [2.45, 2.75) is 37.9 Å². The van der Waals surface area contributed by atoms with E-state index in [1.807, 2.05) is 31.3 Å². The Morgan fingerprint density at radius 3 is 2.69 bits per heavy atom. The van der Waals surface area contributed by atoms with Crippen molar-refractivity contribution in [3.63, 3.8) is 0 Å². The lowest BCUT2D eigenvalue weighted by atomic mass is 9.96. The predicted molar refractivity (Wildman–Crippen MR) is 101 cm³/mol. The van der Waals surface area contributed by atoms with Crippen molar-refractivity contribution in [2.24, 2.45) is 7.05 Å². The quantitative estimate of drug-likeness (QED) is 0.667. The zero-order chi connectivity index (χ0) is 20.8. The summed E-state index contributed by atoms with van der Waals surface area (Å²) in [7, 11) is 1.97. The molecule has 0 aliphatic carbocycles. The number of likely N-dealkylation sites (tertiary alicyclic amines) is 1. The van der Waals surface area contributed by atoms with Crippen molar-refractivity contribution >= 4 is 16.9 Å². The van der Waals surface area contributed by atoms with Crippen molar-refractivity contribution in [1.82, 2.24) is 24.2 Å². The van der Waals surface area contributed by atoms with Gasteiger partial charge in [-0.15, -0.1) is 0 Å². The molecule has 4 rings (SSSR count). The molecule has 0 saturated carbocycles. The number of alkyl halides is 3. The van der Waals surface area contributed by atoms with Crippen LogP contribution in [0.1, 0.15) is 43.2 Å². The van der Waals surface area contributed by atoms with Crippen molar-refractivity contribution in [1.29, 1.82) is 0 Å². The van der Waals surface area contributed by atoms with Gasteiger partial charge in [0.25, 0.3) is 0 Å². The van der Waals surface area contributed by atoms with Crippen molar-refractivity contribution in [2.75, 3.05) is 13.1 Å². The molecule has 3 heterocycles. The van der Waals surface area contributed by atoms with Crippen LogP contribution in [0.4, 0.5) is 13.2 Å². The molecule has 0 spiro atoms. The molecule has 9 heteroatoms. The molecule has 0 radical (unpaired) electrons. The summed E-state index contributed by atoms with van der Waals surface area (Å²) in [4.78, 5) is 19.4. The van der Waals surface area contributed by atoms with Crippen LogP contribution in [0.3, 0.4) is 0 Å². The molecule has 29 heavy (non-hydrogen) atoms. The second-order valence-electron chi connectivity index (χ2n) is 7.50. The largest absolute Gasteiger partial charge is 0.435 e. The van der Waals surface area contributed by atoms with Crippen LogP contribution in [0.5, 0.6) is 0 Å². The molecule has 1 aromatic carbocycles. The number of nitrogens with zero attached hydrogens (tertiary/aromatic N) is 5. The van der Waals surface area contributed by atoms with E-state index < -0.39 is 17.9 Å². The number of para-hydroxylation sites is 2. The number of halogens is 3. The van der Waals surface area contributed by atoms with Gasteiger partial charge in [0.1, 0.15) is 11.9 Å². The summed E-state index contributed by atoms with van der Waals surface area (Å²) in [5, 5.41) is 3.55. The number of aromatic nitrogens is 4. The predicted octanol–water partition coefficient (Wildman–Crippen LogP) is 3.76. The van der Waals surface area contributed by atoms with Gasteiger partial charge in [-0.1, -0.05) is 12.1 Å². The van der Waals surface area contributed by atoms with E-state index in [1.165, 1.54) is 6.20 Å². The second kappa shape index (κ2) is 7.20. The first-order valence-electron chi connectivity index (χ1n) is 9.58. The molecule has 0 N–H and O–H groups in total. The molecule has 1 amide bonds. The Bertz CT molecular complexity index is 1040. The molecule has 1 aliphatic rings. The van der Waals surface area contributed by atoms with Gasteiger partial charge in [0.15, 0.2) is 5.69 Å². The molecule has 2 unspecified atom stereocenters. The SMILES string of the molecule is CC(C(=O)N1CCCC(c2nc3ccccc3n2C)C1)n1ccc(C(F)(F)F)n1. The number of amides is 1. The highest BCUT2D eigenvalue weighted by Crippen LogP contribution is 2.31. The minimum Gasteiger partial charge on any atom is -0.340 e. The third-order valence-electron chi connectivity index (χ3n) is 5.57. The number of fused-ring (bicyclic) bond motifs is 1. The smallest absolute Gasteiger partial charge is 0.340 e. The first kappa shape index (κ1) is 19.5. The van der Waals surface area contributed by atoms with Crippen LogP contribution in [0.2, 0.25) is 0 Å². The Labute approximate surface area is 165 Å². The summed E-state index contributed by atoms with van der Waals surface area (Å²) < 4.78 is 41.6. The number of carbonyl (C=O) groups is 1. The van der Waals surface area contributed by atoms with Gasteiger partial charge in [-0.05, 0) is 38.0 Å². The maximum absolute atomic E-state index is 12.9. The van der Waals surface area contributed by atoms with E-state index in [0.717, 1.165) is 40.4 Å². The number of benzene rings is 1. The third kappa shape index (κ3) is 3.61. The Morgan fingerprint density at radius 2 is 2.00 bits per heavy atom. The highest BCUT2D eigenvalue weighted by Gasteiger charge is 2.35. The number of aryl methyl sites for hydroxylation is 1. The summed E-state index contributed by atoms with van der Waals surface area (Å²) in [6.45, 7) is 2.65. The van der Waals surface area contributed by atoms with E-state index in [0.29, 0.717) is 13.1 Å². The fourth-order valence-corrected chi connectivity index (χ4v) is 4.00. The van der Waals surface area contributed by atoms with Gasteiger partial charge in [-0.25, -0.2) is 4.98 Å². The molecule has 6 nitrogen and oxygen atoms in total. The van der Waals surface area contributed by atoms with Gasteiger partial charge < -0.3 is 9.47 Å². The highest BCUT2D eigenvalue weighted by atomic mass is 19.4. The maximum Gasteiger partial charge on any atom is 0.435 e. The third-order valence-corrected chi connectivity index (χ3v) is 5.57. The Morgan fingerprint density at radius 1 is 1.24 bits per heavy atom. The molecule has 1 fully saturated rings. The molecule has 1 saturated heterocycles. The lowest BCUT2D eigenvalue weighted by molar-refractivity contribution is -0.142. The summed E-state index contributed by atoms with van der Waals surface area (Å²) >= 11 is 0. The number of piperidine rings is 1. The molecule has 0 bridgehead atoms. The Hall–Kier alpha value is -2.84. The van der Waals surface area contributed by atoms with Crippen LogP contribution >= 0.6 is 0 Å². The molecular weight excluding hydrogens is 383 g/mol. The first-order chi connectivity index (χ1) is 13.8. The fourth-order valence-electron chi connectivity index (χ4n) is 4.00. The average molecular weight is 405 g/mol. The zero-order valence-corrected chi connectivity index (χ0v) is 16.2. The van der Waals surface area contributed by atoms with Gasteiger partial charge in [-0.2, -0.15) is 18.3 Å². The van der Waals surface area contributed by atoms with Crippen LogP contribution in [-0.2, 0) is 18.0 Å². The summed E-state index contributed by atoms with van der Waals surface area (Å²) in [6, 6.07) is 7.97. The monoisotopic (exact) mass is 405 g/mol. The normalized spacial score (nSPS) is 18.9. The second-order valence-corrected chi connectivity index (χ2v) is 7.50. The number of imidazole rings is 1. The lowest BCUT2D eigenvalue weighted by Crippen LogP contribution is -2.43. The van der Waals surface area contributed by atoms with Gasteiger partial charge in [0.05, 0.1) is 11.0 Å². The molecular formula is C20H22F3N5O. The molecule has 1 aliphatic heterocycles. The van der Waals surface area contributed by atoms with E-state index in [-0.39, 0.29) is 11.8 Å². The van der Waals surface area contributed by atoms with E-state index in [1.54, 1.807) is 11.8 Å². The van der Waals surface area contributed by atoms with E-state index >= 15 is 0 Å². The highest BCUT2D eigenvalue weighted by molar-refractivity contribution is 5.80. The van der Waals surface area contributed by atoms with Crippen LogP contribution in [0.15, 0.2) is 36.5 Å². The Kier molecular flexibility index (Phi) is 4.84.